The lowest BCUT2D eigenvalue weighted by atomic mass is 9.93. The third-order valence-electron chi connectivity index (χ3n) is 6.10. The summed E-state index contributed by atoms with van der Waals surface area (Å²) in [5, 5.41) is 10.6. The van der Waals surface area contributed by atoms with Gasteiger partial charge in [-0.05, 0) is 36.8 Å². The molecule has 0 spiro atoms. The normalized spacial score (nSPS) is 15.1. The molecule has 192 valence electrons. The largest absolute Gasteiger partial charge is 0.504 e. The number of ether oxygens (including phenoxy) is 2. The number of phenolic OH excluding ortho intramolecular Hbond substituents is 1. The van der Waals surface area contributed by atoms with E-state index in [0.29, 0.717) is 27.2 Å². The van der Waals surface area contributed by atoms with Crippen LogP contribution in [-0.4, -0.2) is 29.4 Å². The van der Waals surface area contributed by atoms with E-state index in [1.165, 1.54) is 23.8 Å². The Kier molecular flexibility index (Phi) is 6.93. The predicted molar refractivity (Wildman–Crippen MR) is 142 cm³/mol. The van der Waals surface area contributed by atoms with E-state index < -0.39 is 23.4 Å². The van der Waals surface area contributed by atoms with Gasteiger partial charge in [0, 0.05) is 11.1 Å². The van der Waals surface area contributed by atoms with Crippen LogP contribution in [0.5, 0.6) is 11.5 Å². The summed E-state index contributed by atoms with van der Waals surface area (Å²) in [5.74, 6) is -0.900. The van der Waals surface area contributed by atoms with Gasteiger partial charge in [0.2, 0.25) is 0 Å². The van der Waals surface area contributed by atoms with Crippen LogP contribution in [0.4, 0.5) is 4.39 Å². The van der Waals surface area contributed by atoms with E-state index in [0.717, 1.165) is 11.3 Å². The van der Waals surface area contributed by atoms with Gasteiger partial charge in [-0.1, -0.05) is 65.9 Å². The molecule has 0 amide bonds. The number of nitrogens with zero attached hydrogens (tertiary/aromatic N) is 2. The molecule has 1 aromatic heterocycles. The van der Waals surface area contributed by atoms with E-state index in [4.69, 9.17) is 14.5 Å². The van der Waals surface area contributed by atoms with E-state index in [1.54, 1.807) is 43.3 Å². The van der Waals surface area contributed by atoms with Gasteiger partial charge in [-0.25, -0.2) is 14.2 Å². The Balaban J connectivity index is 1.83. The number of carbonyl (C=O) groups excluding carboxylic acids is 1. The molecule has 0 saturated carbocycles. The first-order chi connectivity index (χ1) is 18.4. The van der Waals surface area contributed by atoms with Gasteiger partial charge in [0.05, 0.1) is 35.6 Å². The number of aromatic hydroxyl groups is 1. The first kappa shape index (κ1) is 25.2. The molecule has 2 heterocycles. The lowest BCUT2D eigenvalue weighted by Gasteiger charge is -2.25. The van der Waals surface area contributed by atoms with Gasteiger partial charge in [-0.2, -0.15) is 0 Å². The van der Waals surface area contributed by atoms with Gasteiger partial charge in [0.25, 0.3) is 5.56 Å². The molecule has 38 heavy (non-hydrogen) atoms. The standard InChI is InChI=1S/C29H23FN2O5S/c1-3-37-28(35)23-24(17-8-5-4-6-9-17)31-29-32(25(23)18-12-14-20(30)15-13-18)27(34)22(38-29)16-19-10-7-11-21(36-2)26(19)33/h4-16,25,33H,3H2,1-2H3/t25-/m0/s1. The molecule has 0 aliphatic carbocycles. The second-order valence-electron chi connectivity index (χ2n) is 8.38. The fourth-order valence-corrected chi connectivity index (χ4v) is 5.35. The molecule has 1 aliphatic rings. The Labute approximate surface area is 221 Å². The maximum Gasteiger partial charge on any atom is 0.338 e. The Hall–Kier alpha value is -4.50. The van der Waals surface area contributed by atoms with Gasteiger partial charge >= 0.3 is 5.97 Å². The summed E-state index contributed by atoms with van der Waals surface area (Å²) in [4.78, 5) is 32.3. The van der Waals surface area contributed by atoms with Crippen LogP contribution >= 0.6 is 11.3 Å². The van der Waals surface area contributed by atoms with E-state index in [1.807, 2.05) is 30.3 Å². The van der Waals surface area contributed by atoms with Crippen LogP contribution in [0.25, 0.3) is 11.8 Å². The number of halogens is 1. The minimum atomic E-state index is -0.915. The van der Waals surface area contributed by atoms with Crippen molar-refractivity contribution in [3.8, 4) is 11.5 Å². The molecule has 1 aliphatic heterocycles. The van der Waals surface area contributed by atoms with Crippen LogP contribution in [0.1, 0.15) is 29.7 Å². The number of phenols is 1. The summed E-state index contributed by atoms with van der Waals surface area (Å²) in [7, 11) is 1.44. The first-order valence-corrected chi connectivity index (χ1v) is 12.6. The fourth-order valence-electron chi connectivity index (χ4n) is 4.36. The molecule has 7 nitrogen and oxygen atoms in total. The highest BCUT2D eigenvalue weighted by atomic mass is 32.1. The summed E-state index contributed by atoms with van der Waals surface area (Å²) >= 11 is 1.12. The maximum atomic E-state index is 13.9. The highest BCUT2D eigenvalue weighted by molar-refractivity contribution is 7.07. The molecule has 9 heteroatoms. The highest BCUT2D eigenvalue weighted by Crippen LogP contribution is 2.35. The first-order valence-electron chi connectivity index (χ1n) is 11.8. The second kappa shape index (κ2) is 10.5. The third kappa shape index (κ3) is 4.52. The Bertz CT molecular complexity index is 1720. The number of benzene rings is 3. The molecule has 5 rings (SSSR count). The number of thiazole rings is 1. The van der Waals surface area contributed by atoms with E-state index in [-0.39, 0.29) is 28.2 Å². The van der Waals surface area contributed by atoms with Crippen LogP contribution in [-0.2, 0) is 9.53 Å². The molecule has 0 bridgehead atoms. The number of carbonyl (C=O) groups is 1. The lowest BCUT2D eigenvalue weighted by Crippen LogP contribution is -2.40. The minimum Gasteiger partial charge on any atom is -0.504 e. The lowest BCUT2D eigenvalue weighted by molar-refractivity contribution is -0.138. The molecule has 0 radical (unpaired) electrons. The van der Waals surface area contributed by atoms with Crippen molar-refractivity contribution in [3.05, 3.63) is 121 Å². The van der Waals surface area contributed by atoms with Gasteiger partial charge < -0.3 is 14.6 Å². The number of hydrogen-bond acceptors (Lipinski definition) is 7. The average Bonchev–Trinajstić information content (AvgIpc) is 3.24. The summed E-state index contributed by atoms with van der Waals surface area (Å²) in [6.07, 6.45) is 1.56. The maximum absolute atomic E-state index is 13.9. The highest BCUT2D eigenvalue weighted by Gasteiger charge is 2.35. The SMILES string of the molecule is CCOC(=O)C1=C(c2ccccc2)N=c2sc(=Cc3cccc(OC)c3O)c(=O)n2[C@H]1c1ccc(F)cc1. The van der Waals surface area contributed by atoms with Gasteiger partial charge in [-0.3, -0.25) is 9.36 Å². The fraction of sp³-hybridized carbons (Fsp3) is 0.138. The van der Waals surface area contributed by atoms with E-state index >= 15 is 0 Å². The monoisotopic (exact) mass is 530 g/mol. The molecule has 0 fully saturated rings. The Morgan fingerprint density at radius 2 is 1.84 bits per heavy atom. The van der Waals surface area contributed by atoms with Crippen molar-refractivity contribution in [2.45, 2.75) is 13.0 Å². The summed E-state index contributed by atoms with van der Waals surface area (Å²) < 4.78 is 26.2. The third-order valence-corrected chi connectivity index (χ3v) is 7.08. The molecule has 1 N–H and O–H groups in total. The minimum absolute atomic E-state index is 0.104. The van der Waals surface area contributed by atoms with Gasteiger partial charge in [-0.15, -0.1) is 0 Å². The Morgan fingerprint density at radius 3 is 2.53 bits per heavy atom. The van der Waals surface area contributed by atoms with Gasteiger partial charge in [0.15, 0.2) is 16.3 Å². The molecule has 4 aromatic rings. The number of para-hydroxylation sites is 1. The zero-order chi connectivity index (χ0) is 26.8. The van der Waals surface area contributed by atoms with Crippen LogP contribution in [0.3, 0.4) is 0 Å². The number of fused-ring (bicyclic) bond motifs is 1. The molecular weight excluding hydrogens is 507 g/mol. The molecule has 0 saturated heterocycles. The number of methoxy groups -OCH3 is 1. The van der Waals surface area contributed by atoms with Gasteiger partial charge in [0.1, 0.15) is 5.82 Å². The molecular formula is C29H23FN2O5S. The Morgan fingerprint density at radius 1 is 1.11 bits per heavy atom. The van der Waals surface area contributed by atoms with Crippen molar-refractivity contribution in [2.24, 2.45) is 4.99 Å². The topological polar surface area (TPSA) is 90.1 Å². The van der Waals surface area contributed by atoms with E-state index in [9.17, 15) is 19.1 Å². The van der Waals surface area contributed by atoms with Crippen molar-refractivity contribution < 1.29 is 23.8 Å². The van der Waals surface area contributed by atoms with Crippen LogP contribution in [0.2, 0.25) is 0 Å². The predicted octanol–water partition coefficient (Wildman–Crippen LogP) is 3.79. The molecule has 3 aromatic carbocycles. The van der Waals surface area contributed by atoms with Crippen molar-refractivity contribution in [2.75, 3.05) is 13.7 Å². The molecule has 1 atom stereocenters. The van der Waals surface area contributed by atoms with Crippen LogP contribution in [0, 0.1) is 5.82 Å². The summed E-state index contributed by atoms with van der Waals surface area (Å²) in [5.41, 5.74) is 1.71. The number of hydrogen-bond donors (Lipinski definition) is 1. The number of rotatable bonds is 6. The zero-order valence-electron chi connectivity index (χ0n) is 20.6. The van der Waals surface area contributed by atoms with Crippen LogP contribution < -0.4 is 19.6 Å². The summed E-state index contributed by atoms with van der Waals surface area (Å²) in [6, 6.07) is 18.9. The zero-order valence-corrected chi connectivity index (χ0v) is 21.4. The van der Waals surface area contributed by atoms with E-state index in [2.05, 4.69) is 0 Å². The smallest absolute Gasteiger partial charge is 0.338 e. The number of aromatic nitrogens is 1. The molecule has 0 unspecified atom stereocenters. The quantitative estimate of drug-likeness (QED) is 0.383. The van der Waals surface area contributed by atoms with Crippen LogP contribution in [0.15, 0.2) is 88.2 Å². The average molecular weight is 531 g/mol. The summed E-state index contributed by atoms with van der Waals surface area (Å²) in [6.45, 7) is 1.82. The van der Waals surface area contributed by atoms with Crippen molar-refractivity contribution in [1.29, 1.82) is 0 Å². The second-order valence-corrected chi connectivity index (χ2v) is 9.39. The number of esters is 1. The van der Waals surface area contributed by atoms with Crippen molar-refractivity contribution in [3.63, 3.8) is 0 Å². The van der Waals surface area contributed by atoms with Crippen molar-refractivity contribution >= 4 is 29.1 Å². The van der Waals surface area contributed by atoms with Crippen molar-refractivity contribution in [1.82, 2.24) is 4.57 Å².